The summed E-state index contributed by atoms with van der Waals surface area (Å²) in [4.78, 5) is 14.2. The first-order valence-electron chi connectivity index (χ1n) is 7.48. The van der Waals surface area contributed by atoms with Crippen LogP contribution in [0.25, 0.3) is 6.08 Å². The Morgan fingerprint density at radius 2 is 2.19 bits per heavy atom. The highest BCUT2D eigenvalue weighted by molar-refractivity contribution is 5.92. The van der Waals surface area contributed by atoms with Gasteiger partial charge in [-0.05, 0) is 49.5 Å². The number of carbonyl (C=O) groups excluding carboxylic acids is 1. The van der Waals surface area contributed by atoms with Gasteiger partial charge in [0.15, 0.2) is 0 Å². The molecule has 1 N–H and O–H groups in total. The molecule has 1 unspecified atom stereocenters. The lowest BCUT2D eigenvalue weighted by Gasteiger charge is -2.23. The van der Waals surface area contributed by atoms with Crippen LogP contribution in [0, 0.1) is 0 Å². The fourth-order valence-corrected chi connectivity index (χ4v) is 2.73. The molecule has 1 aliphatic heterocycles. The van der Waals surface area contributed by atoms with Gasteiger partial charge in [0.2, 0.25) is 5.91 Å². The van der Waals surface area contributed by atoms with Gasteiger partial charge in [-0.15, -0.1) is 0 Å². The van der Waals surface area contributed by atoms with Crippen molar-refractivity contribution in [2.24, 2.45) is 0 Å². The number of amides is 1. The molecule has 0 aliphatic carbocycles. The van der Waals surface area contributed by atoms with Crippen molar-refractivity contribution in [1.82, 2.24) is 4.90 Å². The molecule has 4 nitrogen and oxygen atoms in total. The zero-order valence-electron chi connectivity index (χ0n) is 12.5. The van der Waals surface area contributed by atoms with Gasteiger partial charge in [-0.3, -0.25) is 4.79 Å². The van der Waals surface area contributed by atoms with Crippen LogP contribution in [0.5, 0.6) is 5.75 Å². The minimum Gasteiger partial charge on any atom is -0.497 e. The number of benzene rings is 1. The van der Waals surface area contributed by atoms with Gasteiger partial charge in [0.1, 0.15) is 5.75 Å². The van der Waals surface area contributed by atoms with Crippen LogP contribution in [-0.4, -0.2) is 42.2 Å². The molecule has 1 amide bonds. The van der Waals surface area contributed by atoms with E-state index in [2.05, 4.69) is 0 Å². The highest BCUT2D eigenvalue weighted by Crippen LogP contribution is 2.22. The van der Waals surface area contributed by atoms with E-state index in [1.807, 2.05) is 35.2 Å². The number of methoxy groups -OCH3 is 1. The number of likely N-dealkylation sites (tertiary alicyclic amines) is 1. The van der Waals surface area contributed by atoms with E-state index in [0.717, 1.165) is 43.5 Å². The molecule has 2 rings (SSSR count). The Bertz CT molecular complexity index is 481. The van der Waals surface area contributed by atoms with E-state index in [0.29, 0.717) is 0 Å². The van der Waals surface area contributed by atoms with E-state index in [9.17, 15) is 4.79 Å². The van der Waals surface area contributed by atoms with Gasteiger partial charge in [-0.2, -0.15) is 0 Å². The van der Waals surface area contributed by atoms with Crippen molar-refractivity contribution in [1.29, 1.82) is 0 Å². The van der Waals surface area contributed by atoms with E-state index < -0.39 is 0 Å². The molecule has 21 heavy (non-hydrogen) atoms. The molecule has 0 saturated carbocycles. The topological polar surface area (TPSA) is 49.8 Å². The van der Waals surface area contributed by atoms with Crippen LogP contribution in [-0.2, 0) is 4.79 Å². The summed E-state index contributed by atoms with van der Waals surface area (Å²) < 4.78 is 5.11. The second-order valence-electron chi connectivity index (χ2n) is 5.30. The molecule has 0 aromatic heterocycles. The largest absolute Gasteiger partial charge is 0.497 e. The van der Waals surface area contributed by atoms with Crippen LogP contribution in [0.2, 0.25) is 0 Å². The highest BCUT2D eigenvalue weighted by atomic mass is 16.5. The second kappa shape index (κ2) is 7.84. The van der Waals surface area contributed by atoms with Crippen LogP contribution in [0.3, 0.4) is 0 Å². The smallest absolute Gasteiger partial charge is 0.246 e. The van der Waals surface area contributed by atoms with Gasteiger partial charge in [0.25, 0.3) is 0 Å². The lowest BCUT2D eigenvalue weighted by Crippen LogP contribution is -2.34. The fraction of sp³-hybridized carbons (Fsp3) is 0.471. The number of aliphatic hydroxyl groups excluding tert-OH is 1. The molecule has 1 aromatic carbocycles. The minimum absolute atomic E-state index is 0.0613. The number of carbonyl (C=O) groups is 1. The molecular weight excluding hydrogens is 266 g/mol. The van der Waals surface area contributed by atoms with Gasteiger partial charge < -0.3 is 14.7 Å². The summed E-state index contributed by atoms with van der Waals surface area (Å²) in [5.41, 5.74) is 0.982. The number of nitrogens with zero attached hydrogens (tertiary/aromatic N) is 1. The van der Waals surface area contributed by atoms with Crippen molar-refractivity contribution >= 4 is 12.0 Å². The van der Waals surface area contributed by atoms with E-state index in [4.69, 9.17) is 9.84 Å². The average Bonchev–Trinajstić information content (AvgIpc) is 2.99. The first-order chi connectivity index (χ1) is 10.2. The second-order valence-corrected chi connectivity index (χ2v) is 5.30. The molecule has 0 spiro atoms. The third kappa shape index (κ3) is 4.33. The van der Waals surface area contributed by atoms with Gasteiger partial charge in [0.05, 0.1) is 7.11 Å². The summed E-state index contributed by atoms with van der Waals surface area (Å²) in [5.74, 6) is 0.869. The monoisotopic (exact) mass is 289 g/mol. The Kier molecular flexibility index (Phi) is 5.81. The number of rotatable bonds is 6. The van der Waals surface area contributed by atoms with Gasteiger partial charge in [0, 0.05) is 25.3 Å². The van der Waals surface area contributed by atoms with Crippen molar-refractivity contribution < 1.29 is 14.6 Å². The summed E-state index contributed by atoms with van der Waals surface area (Å²) in [6.45, 7) is 1.02. The van der Waals surface area contributed by atoms with E-state index in [1.54, 1.807) is 13.2 Å². The van der Waals surface area contributed by atoms with Crippen molar-refractivity contribution in [3.05, 3.63) is 35.9 Å². The number of aliphatic hydroxyl groups is 1. The molecule has 114 valence electrons. The van der Waals surface area contributed by atoms with Crippen LogP contribution in [0.15, 0.2) is 30.3 Å². The summed E-state index contributed by atoms with van der Waals surface area (Å²) in [7, 11) is 1.63. The van der Waals surface area contributed by atoms with Crippen molar-refractivity contribution in [3.8, 4) is 5.75 Å². The predicted octanol–water partition coefficient (Wildman–Crippen LogP) is 2.47. The Morgan fingerprint density at radius 1 is 1.43 bits per heavy atom. The normalized spacial score (nSPS) is 18.4. The molecule has 1 aliphatic rings. The summed E-state index contributed by atoms with van der Waals surface area (Å²) >= 11 is 0. The maximum absolute atomic E-state index is 12.3. The summed E-state index contributed by atoms with van der Waals surface area (Å²) in [5, 5.41) is 8.92. The number of hydrogen-bond acceptors (Lipinski definition) is 3. The van der Waals surface area contributed by atoms with Crippen LogP contribution in [0.1, 0.15) is 31.2 Å². The Labute approximate surface area is 126 Å². The quantitative estimate of drug-likeness (QED) is 0.819. The molecular formula is C17H23NO3. The number of hydrogen-bond donors (Lipinski definition) is 1. The average molecular weight is 289 g/mol. The van der Waals surface area contributed by atoms with Gasteiger partial charge >= 0.3 is 0 Å². The standard InChI is InChI=1S/C17H23NO3/c1-21-16-9-6-14(7-10-16)8-11-17(20)18-12-2-4-15(18)5-3-13-19/h6-11,15,19H,2-5,12-13H2,1H3. The first kappa shape index (κ1) is 15.6. The third-order valence-electron chi connectivity index (χ3n) is 3.89. The molecule has 1 atom stereocenters. The molecule has 4 heteroatoms. The van der Waals surface area contributed by atoms with E-state index >= 15 is 0 Å². The molecule has 1 saturated heterocycles. The van der Waals surface area contributed by atoms with Crippen molar-refractivity contribution in [2.45, 2.75) is 31.7 Å². The van der Waals surface area contributed by atoms with Gasteiger partial charge in [-0.25, -0.2) is 0 Å². The minimum atomic E-state index is 0.0613. The molecule has 1 aromatic rings. The Hall–Kier alpha value is -1.81. The van der Waals surface area contributed by atoms with Crippen LogP contribution >= 0.6 is 0 Å². The van der Waals surface area contributed by atoms with Crippen molar-refractivity contribution in [3.63, 3.8) is 0 Å². The molecule has 1 fully saturated rings. The Morgan fingerprint density at radius 3 is 2.86 bits per heavy atom. The summed E-state index contributed by atoms with van der Waals surface area (Å²) in [6, 6.07) is 7.89. The third-order valence-corrected chi connectivity index (χ3v) is 3.89. The van der Waals surface area contributed by atoms with Crippen molar-refractivity contribution in [2.75, 3.05) is 20.3 Å². The zero-order valence-corrected chi connectivity index (χ0v) is 12.5. The maximum Gasteiger partial charge on any atom is 0.246 e. The summed E-state index contributed by atoms with van der Waals surface area (Å²) in [6.07, 6.45) is 7.22. The lowest BCUT2D eigenvalue weighted by atomic mass is 10.1. The maximum atomic E-state index is 12.3. The molecule has 0 radical (unpaired) electrons. The fourth-order valence-electron chi connectivity index (χ4n) is 2.73. The SMILES string of the molecule is COc1ccc(C=CC(=O)N2CCCC2CCCO)cc1. The molecule has 1 heterocycles. The van der Waals surface area contributed by atoms with Crippen LogP contribution < -0.4 is 4.74 Å². The van der Waals surface area contributed by atoms with E-state index in [1.165, 1.54) is 0 Å². The van der Waals surface area contributed by atoms with Gasteiger partial charge in [-0.1, -0.05) is 12.1 Å². The molecule has 0 bridgehead atoms. The zero-order chi connectivity index (χ0) is 15.1. The van der Waals surface area contributed by atoms with E-state index in [-0.39, 0.29) is 18.6 Å². The lowest BCUT2D eigenvalue weighted by molar-refractivity contribution is -0.126. The highest BCUT2D eigenvalue weighted by Gasteiger charge is 2.26. The Balaban J connectivity index is 1.94. The van der Waals surface area contributed by atoms with Crippen LogP contribution in [0.4, 0.5) is 0 Å². The number of ether oxygens (including phenoxy) is 1. The predicted molar refractivity (Wildman–Crippen MR) is 83.1 cm³/mol. The first-order valence-corrected chi connectivity index (χ1v) is 7.48.